The molecule has 0 heterocycles. The molecular weight excluding hydrogens is 450 g/mol. The minimum absolute atomic E-state index is 0.00552. The van der Waals surface area contributed by atoms with Crippen LogP contribution in [0.15, 0.2) is 22.8 Å². The molecule has 198 valence electrons. The molecule has 1 N–H and O–H groups in total. The lowest BCUT2D eigenvalue weighted by atomic mass is 9.47. The Morgan fingerprint density at radius 3 is 2.58 bits per heavy atom. The molecule has 3 saturated carbocycles. The quantitative estimate of drug-likeness (QED) is 0.387. The molecule has 5 rings (SSSR count). The molecule has 5 heteroatoms. The predicted molar refractivity (Wildman–Crippen MR) is 140 cm³/mol. The van der Waals surface area contributed by atoms with E-state index in [9.17, 15) is 14.4 Å². The van der Waals surface area contributed by atoms with Gasteiger partial charge in [-0.2, -0.15) is 0 Å². The number of hydrogen-bond acceptors (Lipinski definition) is 4. The number of allylic oxidation sites excluding steroid dienone is 3. The highest BCUT2D eigenvalue weighted by molar-refractivity contribution is 6.01. The zero-order valence-electron chi connectivity index (χ0n) is 23.1. The Morgan fingerprint density at radius 2 is 1.89 bits per heavy atom. The number of amides is 1. The summed E-state index contributed by atoms with van der Waals surface area (Å²) in [6, 6.07) is 0. The molecule has 0 radical (unpaired) electrons. The second kappa shape index (κ2) is 9.13. The molecule has 0 aromatic carbocycles. The van der Waals surface area contributed by atoms with Gasteiger partial charge in [-0.3, -0.25) is 14.4 Å². The number of esters is 1. The summed E-state index contributed by atoms with van der Waals surface area (Å²) in [5.74, 6) is 2.91. The molecule has 0 aliphatic heterocycles. The predicted octanol–water partition coefficient (Wildman–Crippen LogP) is 5.78. The number of Topliss-reactive ketones (excluding diaryl/α,β-unsaturated/α-hetero) is 1. The van der Waals surface area contributed by atoms with Crippen LogP contribution < -0.4 is 5.32 Å². The summed E-state index contributed by atoms with van der Waals surface area (Å²) in [7, 11) is 0. The minimum atomic E-state index is -0.164. The molecule has 5 aliphatic rings. The fraction of sp³-hybridized carbons (Fsp3) is 0.774. The second-order valence-electron chi connectivity index (χ2n) is 13.4. The molecule has 0 unspecified atom stereocenters. The normalized spacial score (nSPS) is 42.1. The maximum absolute atomic E-state index is 13.4. The second-order valence-corrected chi connectivity index (χ2v) is 13.4. The number of ketones is 1. The van der Waals surface area contributed by atoms with Gasteiger partial charge in [0.1, 0.15) is 6.10 Å². The Morgan fingerprint density at radius 1 is 1.14 bits per heavy atom. The molecule has 36 heavy (non-hydrogen) atoms. The Balaban J connectivity index is 1.40. The first-order valence-corrected chi connectivity index (χ1v) is 14.3. The summed E-state index contributed by atoms with van der Waals surface area (Å²) in [6.07, 6.45) is 11.0. The highest BCUT2D eigenvalue weighted by atomic mass is 16.5. The molecule has 5 aliphatic carbocycles. The minimum Gasteiger partial charge on any atom is -0.462 e. The first-order valence-electron chi connectivity index (χ1n) is 14.3. The Kier molecular flexibility index (Phi) is 6.53. The van der Waals surface area contributed by atoms with Crippen molar-refractivity contribution >= 4 is 17.7 Å². The van der Waals surface area contributed by atoms with Crippen LogP contribution >= 0.6 is 0 Å². The fourth-order valence-corrected chi connectivity index (χ4v) is 9.58. The summed E-state index contributed by atoms with van der Waals surface area (Å²) in [5, 5.41) is 2.94. The van der Waals surface area contributed by atoms with Gasteiger partial charge in [-0.05, 0) is 90.9 Å². The average molecular weight is 496 g/mol. The van der Waals surface area contributed by atoms with Gasteiger partial charge in [-0.25, -0.2) is 0 Å². The van der Waals surface area contributed by atoms with Crippen LogP contribution in [0.2, 0.25) is 0 Å². The zero-order chi connectivity index (χ0) is 26.0. The fourth-order valence-electron chi connectivity index (χ4n) is 9.58. The summed E-state index contributed by atoms with van der Waals surface area (Å²) in [4.78, 5) is 36.4. The molecule has 9 atom stereocenters. The first kappa shape index (κ1) is 25.7. The van der Waals surface area contributed by atoms with Gasteiger partial charge in [-0.1, -0.05) is 44.9 Å². The third-order valence-electron chi connectivity index (χ3n) is 11.2. The van der Waals surface area contributed by atoms with Crippen LogP contribution in [0.3, 0.4) is 0 Å². The Labute approximate surface area is 216 Å². The van der Waals surface area contributed by atoms with Gasteiger partial charge in [0.15, 0.2) is 5.78 Å². The Bertz CT molecular complexity index is 1030. The number of fused-ring (bicyclic) bond motifs is 7. The van der Waals surface area contributed by atoms with Crippen LogP contribution in [-0.2, 0) is 19.1 Å². The molecule has 0 aromatic heterocycles. The van der Waals surface area contributed by atoms with E-state index < -0.39 is 0 Å². The Hall–Kier alpha value is -1.91. The van der Waals surface area contributed by atoms with Gasteiger partial charge < -0.3 is 10.1 Å². The van der Waals surface area contributed by atoms with Gasteiger partial charge in [0.2, 0.25) is 5.91 Å². The van der Waals surface area contributed by atoms with E-state index in [1.54, 1.807) is 6.92 Å². The van der Waals surface area contributed by atoms with E-state index in [-0.39, 0.29) is 40.6 Å². The molecule has 1 amide bonds. The standard InChI is InChI=1S/C31H45NO4/c1-17(16-32-19(3)33)13-25-24-15-27-23-8-7-21-14-22(36-20(4)34)9-11-30(21,5)26(23)10-12-31(27,6)28(24)18(2)29(25)35/h7,17-18,22-23,26-28H,8-16H2,1-6H3,(H,32,33)/t17-,18-,22-,23-,26-,27-,28-,30+,31+/m1/s1. The average Bonchev–Trinajstić information content (AvgIpc) is 3.24. The number of hydrogen-bond donors (Lipinski definition) is 1. The third-order valence-corrected chi connectivity index (χ3v) is 11.2. The molecule has 5 nitrogen and oxygen atoms in total. The summed E-state index contributed by atoms with van der Waals surface area (Å²) in [6.45, 7) is 13.0. The van der Waals surface area contributed by atoms with Crippen molar-refractivity contribution in [1.29, 1.82) is 0 Å². The van der Waals surface area contributed by atoms with E-state index in [0.29, 0.717) is 36.0 Å². The maximum Gasteiger partial charge on any atom is 0.302 e. The van der Waals surface area contributed by atoms with Gasteiger partial charge in [-0.15, -0.1) is 0 Å². The van der Waals surface area contributed by atoms with E-state index in [2.05, 4.69) is 39.1 Å². The van der Waals surface area contributed by atoms with Crippen LogP contribution in [0.5, 0.6) is 0 Å². The largest absolute Gasteiger partial charge is 0.462 e. The van der Waals surface area contributed by atoms with E-state index in [1.807, 2.05) is 0 Å². The van der Waals surface area contributed by atoms with Gasteiger partial charge >= 0.3 is 5.97 Å². The number of ether oxygens (including phenoxy) is 1. The number of carbonyl (C=O) groups excluding carboxylic acids is 3. The summed E-state index contributed by atoms with van der Waals surface area (Å²) in [5.41, 5.74) is 4.50. The van der Waals surface area contributed by atoms with Crippen LogP contribution in [-0.4, -0.2) is 30.3 Å². The lowest BCUT2D eigenvalue weighted by Gasteiger charge is -2.58. The number of carbonyl (C=O) groups is 3. The van der Waals surface area contributed by atoms with Crippen LogP contribution in [0.1, 0.15) is 92.9 Å². The van der Waals surface area contributed by atoms with Crippen molar-refractivity contribution < 1.29 is 19.1 Å². The van der Waals surface area contributed by atoms with Gasteiger partial charge in [0.05, 0.1) is 0 Å². The SMILES string of the molecule is CC(=O)NC[C@H](C)CC1=C2C[C@@H]3[C@@H]4CC=C5C[C@H](OC(C)=O)CC[C@]5(C)[C@@H]4CC[C@]3(C)[C@@H]2[C@@H](C)C1=O. The highest BCUT2D eigenvalue weighted by Gasteiger charge is 2.63. The summed E-state index contributed by atoms with van der Waals surface area (Å²) >= 11 is 0. The zero-order valence-corrected chi connectivity index (χ0v) is 23.1. The van der Waals surface area contributed by atoms with Crippen molar-refractivity contribution in [2.24, 2.45) is 46.3 Å². The summed E-state index contributed by atoms with van der Waals surface area (Å²) < 4.78 is 5.61. The lowest BCUT2D eigenvalue weighted by molar-refractivity contribution is -0.148. The molecule has 0 saturated heterocycles. The molecule has 0 aromatic rings. The first-order chi connectivity index (χ1) is 17.0. The third kappa shape index (κ3) is 4.00. The topological polar surface area (TPSA) is 72.5 Å². The molecule has 0 spiro atoms. The maximum atomic E-state index is 13.4. The molecule has 0 bridgehead atoms. The van der Waals surface area contributed by atoms with Crippen molar-refractivity contribution in [3.05, 3.63) is 22.8 Å². The van der Waals surface area contributed by atoms with E-state index in [1.165, 1.54) is 30.9 Å². The van der Waals surface area contributed by atoms with E-state index >= 15 is 0 Å². The lowest BCUT2D eigenvalue weighted by Crippen LogP contribution is -2.51. The van der Waals surface area contributed by atoms with Crippen molar-refractivity contribution in [3.63, 3.8) is 0 Å². The van der Waals surface area contributed by atoms with Crippen molar-refractivity contribution in [2.75, 3.05) is 6.54 Å². The van der Waals surface area contributed by atoms with Crippen LogP contribution in [0.4, 0.5) is 0 Å². The van der Waals surface area contributed by atoms with Crippen molar-refractivity contribution in [2.45, 2.75) is 99.0 Å². The van der Waals surface area contributed by atoms with Crippen molar-refractivity contribution in [3.8, 4) is 0 Å². The number of nitrogens with one attached hydrogen (secondary N) is 1. The monoisotopic (exact) mass is 495 g/mol. The van der Waals surface area contributed by atoms with E-state index in [0.717, 1.165) is 44.1 Å². The van der Waals surface area contributed by atoms with Gasteiger partial charge in [0, 0.05) is 32.7 Å². The molecular formula is C31H45NO4. The van der Waals surface area contributed by atoms with Crippen molar-refractivity contribution in [1.82, 2.24) is 5.32 Å². The van der Waals surface area contributed by atoms with Crippen LogP contribution in [0.25, 0.3) is 0 Å². The molecule has 3 fully saturated rings. The van der Waals surface area contributed by atoms with Crippen LogP contribution in [0, 0.1) is 46.3 Å². The number of rotatable bonds is 5. The van der Waals surface area contributed by atoms with Gasteiger partial charge in [0.25, 0.3) is 0 Å². The van der Waals surface area contributed by atoms with E-state index in [4.69, 9.17) is 4.74 Å². The highest BCUT2D eigenvalue weighted by Crippen LogP contribution is 2.70. The smallest absolute Gasteiger partial charge is 0.302 e.